The van der Waals surface area contributed by atoms with Crippen LogP contribution in [0.5, 0.6) is 0 Å². The van der Waals surface area contributed by atoms with Crippen LogP contribution in [-0.2, 0) is 16.4 Å². The molecule has 1 aromatic carbocycles. The molecule has 0 radical (unpaired) electrons. The van der Waals surface area contributed by atoms with Gasteiger partial charge in [-0.3, -0.25) is 20.2 Å². The number of nitro groups is 2. The zero-order valence-electron chi connectivity index (χ0n) is 10.6. The maximum Gasteiger partial charge on any atom is 0.280 e. The second kappa shape index (κ2) is 6.39. The van der Waals surface area contributed by atoms with Gasteiger partial charge in [0.25, 0.3) is 11.4 Å². The minimum Gasteiger partial charge on any atom is -0.311 e. The van der Waals surface area contributed by atoms with E-state index >= 15 is 0 Å². The van der Waals surface area contributed by atoms with Crippen LogP contribution in [0.15, 0.2) is 18.2 Å². The SMILES string of the molecule is CS(=O)(=O)CCNCc1ccc([N+](=O)[O-])cc1[N+](=O)[O-]. The van der Waals surface area contributed by atoms with Gasteiger partial charge in [0.15, 0.2) is 0 Å². The van der Waals surface area contributed by atoms with Crippen molar-refractivity contribution in [1.82, 2.24) is 5.32 Å². The normalized spacial score (nSPS) is 11.2. The molecule has 0 unspecified atom stereocenters. The highest BCUT2D eigenvalue weighted by molar-refractivity contribution is 7.90. The van der Waals surface area contributed by atoms with Crippen LogP contribution >= 0.6 is 0 Å². The van der Waals surface area contributed by atoms with E-state index in [1.54, 1.807) is 0 Å². The van der Waals surface area contributed by atoms with Crippen molar-refractivity contribution in [2.45, 2.75) is 6.54 Å². The summed E-state index contributed by atoms with van der Waals surface area (Å²) < 4.78 is 21.8. The smallest absolute Gasteiger partial charge is 0.280 e. The van der Waals surface area contributed by atoms with Crippen LogP contribution < -0.4 is 5.32 Å². The van der Waals surface area contributed by atoms with Gasteiger partial charge >= 0.3 is 0 Å². The molecule has 0 heterocycles. The van der Waals surface area contributed by atoms with Crippen molar-refractivity contribution in [3.8, 4) is 0 Å². The van der Waals surface area contributed by atoms with E-state index in [-0.39, 0.29) is 35.8 Å². The molecule has 0 bridgehead atoms. The van der Waals surface area contributed by atoms with E-state index in [9.17, 15) is 28.6 Å². The van der Waals surface area contributed by atoms with Crippen LogP contribution in [-0.4, -0.2) is 36.8 Å². The largest absolute Gasteiger partial charge is 0.311 e. The van der Waals surface area contributed by atoms with Crippen molar-refractivity contribution in [1.29, 1.82) is 0 Å². The van der Waals surface area contributed by atoms with E-state index < -0.39 is 19.7 Å². The Morgan fingerprint density at radius 1 is 1.20 bits per heavy atom. The summed E-state index contributed by atoms with van der Waals surface area (Å²) in [6.07, 6.45) is 1.09. The molecule has 0 spiro atoms. The van der Waals surface area contributed by atoms with E-state index in [0.29, 0.717) is 0 Å². The van der Waals surface area contributed by atoms with Gasteiger partial charge < -0.3 is 5.32 Å². The van der Waals surface area contributed by atoms with Crippen molar-refractivity contribution in [3.05, 3.63) is 44.0 Å². The lowest BCUT2D eigenvalue weighted by atomic mass is 10.1. The minimum absolute atomic E-state index is 0.0594. The highest BCUT2D eigenvalue weighted by Gasteiger charge is 2.18. The number of nitrogens with one attached hydrogen (secondary N) is 1. The van der Waals surface area contributed by atoms with Crippen molar-refractivity contribution < 1.29 is 18.3 Å². The zero-order chi connectivity index (χ0) is 15.3. The Kier molecular flexibility index (Phi) is 5.11. The lowest BCUT2D eigenvalue weighted by molar-refractivity contribution is -0.394. The number of hydrogen-bond donors (Lipinski definition) is 1. The Morgan fingerprint density at radius 2 is 1.85 bits per heavy atom. The molecule has 0 saturated heterocycles. The standard InChI is InChI=1S/C10H13N3O6S/c1-20(18,19)5-4-11-7-8-2-3-9(12(14)15)6-10(8)13(16)17/h2-3,6,11H,4-5,7H2,1H3. The van der Waals surface area contributed by atoms with Crippen molar-refractivity contribution in [3.63, 3.8) is 0 Å². The third kappa shape index (κ3) is 4.90. The molecule has 0 saturated carbocycles. The number of benzene rings is 1. The lowest BCUT2D eigenvalue weighted by Crippen LogP contribution is -2.22. The molecule has 0 aliphatic rings. The van der Waals surface area contributed by atoms with Gasteiger partial charge in [-0.15, -0.1) is 0 Å². The molecule has 20 heavy (non-hydrogen) atoms. The fourth-order valence-corrected chi connectivity index (χ4v) is 1.98. The Balaban J connectivity index is 2.79. The van der Waals surface area contributed by atoms with E-state index in [1.807, 2.05) is 0 Å². The summed E-state index contributed by atoms with van der Waals surface area (Å²) in [5.74, 6) is -0.0895. The first kappa shape index (κ1) is 16.0. The highest BCUT2D eigenvalue weighted by atomic mass is 32.2. The molecule has 1 N–H and O–H groups in total. The lowest BCUT2D eigenvalue weighted by Gasteiger charge is -2.05. The number of nitro benzene ring substituents is 2. The topological polar surface area (TPSA) is 132 Å². The number of hydrogen-bond acceptors (Lipinski definition) is 7. The predicted molar refractivity (Wildman–Crippen MR) is 71.2 cm³/mol. The number of non-ortho nitro benzene ring substituents is 1. The van der Waals surface area contributed by atoms with Crippen LogP contribution in [0.4, 0.5) is 11.4 Å². The average molecular weight is 303 g/mol. The van der Waals surface area contributed by atoms with E-state index in [4.69, 9.17) is 0 Å². The van der Waals surface area contributed by atoms with Crippen molar-refractivity contribution >= 4 is 21.2 Å². The Labute approximate surface area is 114 Å². The molecular weight excluding hydrogens is 290 g/mol. The quantitative estimate of drug-likeness (QED) is 0.444. The van der Waals surface area contributed by atoms with E-state index in [2.05, 4.69) is 5.32 Å². The first-order valence-electron chi connectivity index (χ1n) is 5.51. The van der Waals surface area contributed by atoms with E-state index in [1.165, 1.54) is 12.1 Å². The van der Waals surface area contributed by atoms with Gasteiger partial charge in [-0.25, -0.2) is 8.42 Å². The Morgan fingerprint density at radius 3 is 2.35 bits per heavy atom. The predicted octanol–water partition coefficient (Wildman–Crippen LogP) is 0.637. The molecule has 1 aromatic rings. The van der Waals surface area contributed by atoms with Crippen LogP contribution in [0.3, 0.4) is 0 Å². The second-order valence-electron chi connectivity index (χ2n) is 4.13. The molecule has 0 aromatic heterocycles. The van der Waals surface area contributed by atoms with E-state index in [0.717, 1.165) is 12.3 Å². The van der Waals surface area contributed by atoms with Crippen LogP contribution in [0.1, 0.15) is 5.56 Å². The summed E-state index contributed by atoms with van der Waals surface area (Å²) in [5.41, 5.74) is -0.475. The second-order valence-corrected chi connectivity index (χ2v) is 6.39. The number of rotatable bonds is 7. The highest BCUT2D eigenvalue weighted by Crippen LogP contribution is 2.24. The third-order valence-corrected chi connectivity index (χ3v) is 3.39. The molecule has 0 atom stereocenters. The summed E-state index contributed by atoms with van der Waals surface area (Å²) in [6, 6.07) is 3.33. The first-order valence-corrected chi connectivity index (χ1v) is 7.57. The molecule has 0 aliphatic carbocycles. The van der Waals surface area contributed by atoms with Crippen molar-refractivity contribution in [2.24, 2.45) is 0 Å². The number of sulfone groups is 1. The summed E-state index contributed by atoms with van der Waals surface area (Å²) in [4.78, 5) is 20.0. The monoisotopic (exact) mass is 303 g/mol. The Hall–Kier alpha value is -2.07. The minimum atomic E-state index is -3.11. The molecule has 0 fully saturated rings. The molecule has 1 rings (SSSR count). The van der Waals surface area contributed by atoms with Crippen LogP contribution in [0.2, 0.25) is 0 Å². The van der Waals surface area contributed by atoms with Crippen LogP contribution in [0.25, 0.3) is 0 Å². The summed E-state index contributed by atoms with van der Waals surface area (Å²) in [5, 5.41) is 24.2. The van der Waals surface area contributed by atoms with Gasteiger partial charge in [0.05, 0.1) is 21.7 Å². The van der Waals surface area contributed by atoms with Gasteiger partial charge in [-0.05, 0) is 6.07 Å². The summed E-state index contributed by atoms with van der Waals surface area (Å²) in [7, 11) is -3.11. The maximum atomic E-state index is 10.9. The van der Waals surface area contributed by atoms with Gasteiger partial charge in [-0.1, -0.05) is 0 Å². The van der Waals surface area contributed by atoms with Crippen molar-refractivity contribution in [2.75, 3.05) is 18.6 Å². The Bertz CT molecular complexity index is 628. The van der Waals surface area contributed by atoms with Gasteiger partial charge in [0, 0.05) is 31.0 Å². The molecule has 9 nitrogen and oxygen atoms in total. The molecule has 10 heteroatoms. The fourth-order valence-electron chi connectivity index (χ4n) is 1.47. The van der Waals surface area contributed by atoms with Gasteiger partial charge in [0.2, 0.25) is 0 Å². The molecule has 0 aliphatic heterocycles. The summed E-state index contributed by atoms with van der Waals surface area (Å²) in [6.45, 7) is 0.205. The zero-order valence-corrected chi connectivity index (χ0v) is 11.4. The van der Waals surface area contributed by atoms with Gasteiger partial charge in [0.1, 0.15) is 9.84 Å². The number of nitrogens with zero attached hydrogens (tertiary/aromatic N) is 2. The fraction of sp³-hybridized carbons (Fsp3) is 0.400. The molecule has 0 amide bonds. The summed E-state index contributed by atoms with van der Waals surface area (Å²) >= 11 is 0. The maximum absolute atomic E-state index is 10.9. The molecule has 110 valence electrons. The van der Waals surface area contributed by atoms with Crippen LogP contribution in [0, 0.1) is 20.2 Å². The van der Waals surface area contributed by atoms with Gasteiger partial charge in [-0.2, -0.15) is 0 Å². The molecular formula is C10H13N3O6S. The first-order chi connectivity index (χ1) is 9.20. The average Bonchev–Trinajstić information content (AvgIpc) is 2.33. The third-order valence-electron chi connectivity index (χ3n) is 2.44.